The van der Waals surface area contributed by atoms with Crippen molar-refractivity contribution in [2.75, 3.05) is 0 Å². The van der Waals surface area contributed by atoms with Crippen LogP contribution in [0.1, 0.15) is 90.2 Å². The summed E-state index contributed by atoms with van der Waals surface area (Å²) >= 11 is 0. The number of aryl methyl sites for hydroxylation is 12. The molecule has 250 valence electrons. The molecule has 0 aliphatic rings. The second-order valence-electron chi connectivity index (χ2n) is 11.6. The Balaban J connectivity index is -0.000000563. The number of pyridine rings is 2. The maximum Gasteiger partial charge on any atom is 1.00 e. The number of rotatable bonds is 1. The SMILES string of the molecule is Cc1cc(C)c(-n2nc(C)c(C)c2C)nc1C.Cc1cc(C)c(C)nc1C.Cc1n[n-]c(C)c1C.Cc1n[nH]c(C)c1C.[Na+].[W].[W].[W]. The van der Waals surface area contributed by atoms with Gasteiger partial charge in [0, 0.05) is 97.4 Å². The monoisotopic (exact) mass is 1160 g/mol. The first-order chi connectivity index (χ1) is 20.0. The summed E-state index contributed by atoms with van der Waals surface area (Å²) in [5.41, 5.74) is 18.6. The average molecular weight is 1160 g/mol. The molecule has 0 amide bonds. The summed E-state index contributed by atoms with van der Waals surface area (Å²) in [6.45, 7) is 32.8. The smallest absolute Gasteiger partial charge is 0.579 e. The number of aromatic nitrogens is 8. The molecule has 0 saturated heterocycles. The molecule has 0 radical (unpaired) electrons. The van der Waals surface area contributed by atoms with E-state index in [-0.39, 0.29) is 92.8 Å². The molecule has 0 aliphatic carbocycles. The van der Waals surface area contributed by atoms with Crippen molar-refractivity contribution in [3.63, 3.8) is 0 Å². The van der Waals surface area contributed by atoms with Gasteiger partial charge in [-0.15, -0.1) is 5.69 Å². The molecule has 0 aromatic carbocycles. The molecule has 0 saturated carbocycles. The van der Waals surface area contributed by atoms with Gasteiger partial charge in [-0.05, 0) is 143 Å². The van der Waals surface area contributed by atoms with Crippen molar-refractivity contribution in [3.8, 4) is 5.82 Å². The Morgan fingerprint density at radius 2 is 1.00 bits per heavy atom. The summed E-state index contributed by atoms with van der Waals surface area (Å²) in [4.78, 5) is 9.03. The van der Waals surface area contributed by atoms with Crippen LogP contribution in [-0.4, -0.2) is 35.0 Å². The minimum Gasteiger partial charge on any atom is -0.579 e. The summed E-state index contributed by atoms with van der Waals surface area (Å²) < 4.78 is 1.95. The fourth-order valence-corrected chi connectivity index (χ4v) is 4.10. The molecular formula is C35H51N8NaW3. The van der Waals surface area contributed by atoms with Crippen LogP contribution in [0.3, 0.4) is 0 Å². The summed E-state index contributed by atoms with van der Waals surface area (Å²) in [6.07, 6.45) is 0. The van der Waals surface area contributed by atoms with Gasteiger partial charge in [-0.25, -0.2) is 9.67 Å². The van der Waals surface area contributed by atoms with Gasteiger partial charge in [0.2, 0.25) is 0 Å². The van der Waals surface area contributed by atoms with Crippen LogP contribution in [0.5, 0.6) is 0 Å². The maximum atomic E-state index is 4.66. The Morgan fingerprint density at radius 1 is 0.532 bits per heavy atom. The van der Waals surface area contributed by atoms with Gasteiger partial charge < -0.3 is 10.2 Å². The minimum atomic E-state index is 0. The van der Waals surface area contributed by atoms with Crippen molar-refractivity contribution in [2.45, 2.75) is 111 Å². The van der Waals surface area contributed by atoms with Crippen LogP contribution < -0.4 is 34.7 Å². The molecule has 5 rings (SSSR count). The molecule has 0 spiro atoms. The van der Waals surface area contributed by atoms with Crippen LogP contribution in [0.15, 0.2) is 12.1 Å². The third-order valence-electron chi connectivity index (χ3n) is 8.33. The fourth-order valence-electron chi connectivity index (χ4n) is 4.10. The normalized spacial score (nSPS) is 9.45. The molecule has 8 nitrogen and oxygen atoms in total. The molecule has 0 aliphatic heterocycles. The predicted octanol–water partition coefficient (Wildman–Crippen LogP) is 4.73. The van der Waals surface area contributed by atoms with E-state index in [0.29, 0.717) is 0 Å². The summed E-state index contributed by atoms with van der Waals surface area (Å²) in [5, 5.41) is 19.2. The molecule has 1 N–H and O–H groups in total. The second-order valence-corrected chi connectivity index (χ2v) is 11.6. The van der Waals surface area contributed by atoms with Gasteiger partial charge in [-0.1, -0.05) is 19.1 Å². The second kappa shape index (κ2) is 22.7. The van der Waals surface area contributed by atoms with Crippen molar-refractivity contribution < 1.29 is 92.8 Å². The maximum absolute atomic E-state index is 4.66. The largest absolute Gasteiger partial charge is 1.00 e. The Kier molecular flexibility index (Phi) is 24.3. The molecule has 0 fully saturated rings. The number of nitrogens with one attached hydrogen (secondary N) is 1. The molecule has 0 bridgehead atoms. The molecule has 0 unspecified atom stereocenters. The standard InChI is InChI=1S/C14H19N3.C9H13N.C6H10N2.C6H9N2.Na.3W/c1-8-7-9(2)14(15-11(8)4)17-13(6)10(3)12(5)16-17;1-6-5-7(2)9(4)10-8(6)3;2*1-4-5(2)7-8-6(4)3;;;;/h7H,1-6H3;5H,1-4H3;1-3H3,(H,7,8);1-3H3;;;;/q;;;-1;+1;;;. The van der Waals surface area contributed by atoms with E-state index in [1.807, 2.05) is 67.0 Å². The van der Waals surface area contributed by atoms with Crippen molar-refractivity contribution in [1.29, 1.82) is 0 Å². The van der Waals surface area contributed by atoms with E-state index in [9.17, 15) is 0 Å². The van der Waals surface area contributed by atoms with Crippen molar-refractivity contribution in [3.05, 3.63) is 102 Å². The fraction of sp³-hybridized carbons (Fsp3) is 0.457. The van der Waals surface area contributed by atoms with E-state index in [4.69, 9.17) is 0 Å². The average Bonchev–Trinajstić information content (AvgIpc) is 3.51. The number of H-pyrrole nitrogens is 1. The molecule has 0 atom stereocenters. The van der Waals surface area contributed by atoms with E-state index < -0.39 is 0 Å². The van der Waals surface area contributed by atoms with E-state index in [1.165, 1.54) is 50.3 Å². The van der Waals surface area contributed by atoms with Gasteiger partial charge in [-0.2, -0.15) is 10.2 Å². The van der Waals surface area contributed by atoms with Crippen molar-refractivity contribution in [2.24, 2.45) is 0 Å². The first kappa shape index (κ1) is 50.4. The van der Waals surface area contributed by atoms with Gasteiger partial charge in [0.1, 0.15) is 0 Å². The van der Waals surface area contributed by atoms with E-state index in [0.717, 1.165) is 45.7 Å². The topological polar surface area (TPSA) is 99.3 Å². The van der Waals surface area contributed by atoms with Crippen LogP contribution in [0.2, 0.25) is 0 Å². The van der Waals surface area contributed by atoms with E-state index in [1.54, 1.807) is 0 Å². The Hall–Kier alpha value is -1.01. The van der Waals surface area contributed by atoms with Gasteiger partial charge in [0.05, 0.1) is 11.4 Å². The van der Waals surface area contributed by atoms with Crippen molar-refractivity contribution >= 4 is 0 Å². The van der Waals surface area contributed by atoms with Crippen molar-refractivity contribution in [1.82, 2.24) is 40.1 Å². The molecule has 47 heavy (non-hydrogen) atoms. The molecule has 12 heteroatoms. The van der Waals surface area contributed by atoms with E-state index >= 15 is 0 Å². The van der Waals surface area contributed by atoms with Crippen LogP contribution in [0, 0.1) is 111 Å². The summed E-state index contributed by atoms with van der Waals surface area (Å²) in [7, 11) is 0. The third-order valence-corrected chi connectivity index (χ3v) is 8.33. The zero-order valence-corrected chi connectivity index (χ0v) is 42.3. The van der Waals surface area contributed by atoms with Crippen LogP contribution >= 0.6 is 0 Å². The summed E-state index contributed by atoms with van der Waals surface area (Å²) in [5.74, 6) is 0.946. The molecule has 5 heterocycles. The quantitative estimate of drug-likeness (QED) is 0.244. The third kappa shape index (κ3) is 14.0. The first-order valence-corrected chi connectivity index (χ1v) is 14.8. The van der Waals surface area contributed by atoms with Gasteiger partial charge >= 0.3 is 29.6 Å². The summed E-state index contributed by atoms with van der Waals surface area (Å²) in [6, 6.07) is 4.35. The van der Waals surface area contributed by atoms with Gasteiger partial charge in [-0.3, -0.25) is 10.1 Å². The zero-order valence-electron chi connectivity index (χ0n) is 31.5. The first-order valence-electron chi connectivity index (χ1n) is 14.8. The van der Waals surface area contributed by atoms with Crippen LogP contribution in [0.4, 0.5) is 0 Å². The van der Waals surface area contributed by atoms with E-state index in [2.05, 4.69) is 96.1 Å². The molecular weight excluding hydrogens is 1110 g/mol. The van der Waals surface area contributed by atoms with Gasteiger partial charge in [0.25, 0.3) is 0 Å². The zero-order chi connectivity index (χ0) is 32.8. The van der Waals surface area contributed by atoms with Crippen LogP contribution in [-0.2, 0) is 63.2 Å². The number of hydrogen-bond acceptors (Lipinski definition) is 5. The Labute approximate surface area is 348 Å². The number of hydrogen-bond donors (Lipinski definition) is 1. The molecule has 5 aromatic rings. The number of aromatic amines is 1. The Morgan fingerprint density at radius 3 is 1.28 bits per heavy atom. The minimum absolute atomic E-state index is 0. The van der Waals surface area contributed by atoms with Crippen LogP contribution in [0.25, 0.3) is 5.82 Å². The predicted molar refractivity (Wildman–Crippen MR) is 178 cm³/mol. The van der Waals surface area contributed by atoms with Gasteiger partial charge in [0.15, 0.2) is 5.82 Å². The number of nitrogens with zero attached hydrogens (tertiary/aromatic N) is 7. The molecule has 5 aromatic heterocycles. The Bertz CT molecular complexity index is 1570.